The summed E-state index contributed by atoms with van der Waals surface area (Å²) in [6.07, 6.45) is 0.0771. The van der Waals surface area contributed by atoms with Gasteiger partial charge in [0.15, 0.2) is 11.5 Å². The number of nitrogens with zero attached hydrogens (tertiary/aromatic N) is 1. The molecule has 0 N–H and O–H groups in total. The number of aromatic nitrogens is 1. The average Bonchev–Trinajstić information content (AvgIpc) is 2.80. The lowest BCUT2D eigenvalue weighted by Crippen LogP contribution is -2.11. The molecule has 0 saturated carbocycles. The maximum absolute atomic E-state index is 12.8. The van der Waals surface area contributed by atoms with Gasteiger partial charge in [-0.1, -0.05) is 12.1 Å². The molecule has 2 aromatic carbocycles. The summed E-state index contributed by atoms with van der Waals surface area (Å²) in [6.45, 7) is 1.75. The summed E-state index contributed by atoms with van der Waals surface area (Å²) in [5, 5.41) is 0. The first-order valence-corrected chi connectivity index (χ1v) is 6.42. The van der Waals surface area contributed by atoms with Crippen LogP contribution in [0.3, 0.4) is 0 Å². The van der Waals surface area contributed by atoms with E-state index >= 15 is 0 Å². The molecule has 0 atom stereocenters. The molecule has 21 heavy (non-hydrogen) atoms. The number of fused-ring (bicyclic) bond motifs is 1. The van der Waals surface area contributed by atoms with Crippen molar-refractivity contribution in [1.82, 2.24) is 4.98 Å². The van der Waals surface area contributed by atoms with Gasteiger partial charge in [0.1, 0.15) is 17.1 Å². The fourth-order valence-corrected chi connectivity index (χ4v) is 2.02. The minimum atomic E-state index is -0.419. The number of ether oxygens (including phenoxy) is 1. The molecule has 0 bridgehead atoms. The topological polar surface area (TPSA) is 52.3 Å². The Labute approximate surface area is 120 Å². The fraction of sp³-hybridized carbons (Fsp3) is 0.125. The molecule has 0 radical (unpaired) electrons. The number of carbonyl (C=O) groups is 1. The second-order valence-corrected chi connectivity index (χ2v) is 4.64. The van der Waals surface area contributed by atoms with Gasteiger partial charge < -0.3 is 9.15 Å². The van der Waals surface area contributed by atoms with Crippen LogP contribution in [-0.4, -0.2) is 11.0 Å². The van der Waals surface area contributed by atoms with Gasteiger partial charge >= 0.3 is 5.97 Å². The van der Waals surface area contributed by atoms with E-state index in [9.17, 15) is 9.18 Å². The maximum Gasteiger partial charge on any atom is 0.315 e. The van der Waals surface area contributed by atoms with Crippen LogP contribution in [0.5, 0.6) is 5.75 Å². The van der Waals surface area contributed by atoms with Crippen molar-refractivity contribution in [2.75, 3.05) is 0 Å². The lowest BCUT2D eigenvalue weighted by atomic mass is 10.1. The largest absolute Gasteiger partial charge is 0.441 e. The summed E-state index contributed by atoms with van der Waals surface area (Å²) in [7, 11) is 0. The van der Waals surface area contributed by atoms with Crippen molar-refractivity contribution in [3.8, 4) is 5.75 Å². The third-order valence-corrected chi connectivity index (χ3v) is 2.96. The van der Waals surface area contributed by atoms with Gasteiger partial charge in [0.05, 0.1) is 6.42 Å². The number of aryl methyl sites for hydroxylation is 1. The summed E-state index contributed by atoms with van der Waals surface area (Å²) in [5.74, 6) is 0.195. The van der Waals surface area contributed by atoms with Crippen molar-refractivity contribution in [2.45, 2.75) is 13.3 Å². The molecule has 1 aromatic heterocycles. The quantitative estimate of drug-likeness (QED) is 0.546. The predicted octanol–water partition coefficient (Wildman–Crippen LogP) is 3.42. The second-order valence-electron chi connectivity index (χ2n) is 4.64. The molecular formula is C16H12FNO3. The summed E-state index contributed by atoms with van der Waals surface area (Å²) in [6, 6.07) is 10.7. The highest BCUT2D eigenvalue weighted by molar-refractivity contribution is 5.78. The molecule has 0 aliphatic heterocycles. The van der Waals surface area contributed by atoms with Crippen molar-refractivity contribution in [2.24, 2.45) is 0 Å². The number of benzene rings is 2. The Morgan fingerprint density at radius 3 is 2.76 bits per heavy atom. The Morgan fingerprint density at radius 1 is 1.24 bits per heavy atom. The van der Waals surface area contributed by atoms with Gasteiger partial charge in [-0.25, -0.2) is 9.37 Å². The Bertz CT molecular complexity index is 793. The highest BCUT2D eigenvalue weighted by atomic mass is 19.1. The van der Waals surface area contributed by atoms with Crippen molar-refractivity contribution >= 4 is 17.1 Å². The molecule has 106 valence electrons. The molecule has 0 saturated heterocycles. The predicted molar refractivity (Wildman–Crippen MR) is 74.5 cm³/mol. The van der Waals surface area contributed by atoms with Gasteiger partial charge in [0.25, 0.3) is 0 Å². The van der Waals surface area contributed by atoms with Gasteiger partial charge in [0.2, 0.25) is 0 Å². The van der Waals surface area contributed by atoms with E-state index < -0.39 is 5.97 Å². The number of carbonyl (C=O) groups excluding carboxylic acids is 1. The van der Waals surface area contributed by atoms with Crippen molar-refractivity contribution < 1.29 is 18.3 Å². The van der Waals surface area contributed by atoms with Crippen molar-refractivity contribution in [3.05, 3.63) is 59.7 Å². The van der Waals surface area contributed by atoms with Crippen LogP contribution in [0.4, 0.5) is 4.39 Å². The van der Waals surface area contributed by atoms with Crippen LogP contribution in [0.15, 0.2) is 46.9 Å². The number of oxazole rings is 1. The Kier molecular flexibility index (Phi) is 3.39. The number of halogens is 1. The summed E-state index contributed by atoms with van der Waals surface area (Å²) in [4.78, 5) is 16.0. The highest BCUT2D eigenvalue weighted by Gasteiger charge is 2.09. The smallest absolute Gasteiger partial charge is 0.315 e. The zero-order valence-electron chi connectivity index (χ0n) is 11.3. The molecule has 1 heterocycles. The summed E-state index contributed by atoms with van der Waals surface area (Å²) >= 11 is 0. The third kappa shape index (κ3) is 3.08. The van der Waals surface area contributed by atoms with Gasteiger partial charge in [-0.05, 0) is 29.8 Å². The molecule has 3 aromatic rings. The van der Waals surface area contributed by atoms with Crippen LogP contribution in [-0.2, 0) is 11.2 Å². The van der Waals surface area contributed by atoms with E-state index in [4.69, 9.17) is 9.15 Å². The van der Waals surface area contributed by atoms with Crippen molar-refractivity contribution in [1.29, 1.82) is 0 Å². The highest BCUT2D eigenvalue weighted by Crippen LogP contribution is 2.21. The fourth-order valence-electron chi connectivity index (χ4n) is 2.02. The van der Waals surface area contributed by atoms with E-state index in [0.717, 1.165) is 0 Å². The van der Waals surface area contributed by atoms with Crippen LogP contribution in [0.2, 0.25) is 0 Å². The zero-order chi connectivity index (χ0) is 14.8. The molecule has 0 aliphatic carbocycles. The lowest BCUT2D eigenvalue weighted by Gasteiger charge is -2.04. The van der Waals surface area contributed by atoms with E-state index in [2.05, 4.69) is 4.98 Å². The van der Waals surface area contributed by atoms with Crippen LogP contribution < -0.4 is 4.74 Å². The molecule has 4 nitrogen and oxygen atoms in total. The third-order valence-electron chi connectivity index (χ3n) is 2.96. The zero-order valence-corrected chi connectivity index (χ0v) is 11.3. The molecule has 0 spiro atoms. The Hall–Kier alpha value is -2.69. The van der Waals surface area contributed by atoms with Crippen LogP contribution >= 0.6 is 0 Å². The minimum absolute atomic E-state index is 0.0771. The molecule has 0 aliphatic rings. The first-order valence-electron chi connectivity index (χ1n) is 6.42. The van der Waals surface area contributed by atoms with Gasteiger partial charge in [-0.15, -0.1) is 0 Å². The van der Waals surface area contributed by atoms with Crippen LogP contribution in [0, 0.1) is 12.7 Å². The molecule has 0 unspecified atom stereocenters. The van der Waals surface area contributed by atoms with Crippen molar-refractivity contribution in [3.63, 3.8) is 0 Å². The van der Waals surface area contributed by atoms with Gasteiger partial charge in [0, 0.05) is 13.0 Å². The van der Waals surface area contributed by atoms with E-state index in [1.165, 1.54) is 12.1 Å². The van der Waals surface area contributed by atoms with E-state index in [1.807, 2.05) is 0 Å². The monoisotopic (exact) mass is 285 g/mol. The number of esters is 1. The van der Waals surface area contributed by atoms with Gasteiger partial charge in [-0.3, -0.25) is 4.79 Å². The summed E-state index contributed by atoms with van der Waals surface area (Å²) < 4.78 is 23.4. The van der Waals surface area contributed by atoms with E-state index in [1.54, 1.807) is 37.3 Å². The van der Waals surface area contributed by atoms with E-state index in [0.29, 0.717) is 28.3 Å². The van der Waals surface area contributed by atoms with Gasteiger partial charge in [-0.2, -0.15) is 0 Å². The molecule has 0 fully saturated rings. The minimum Gasteiger partial charge on any atom is -0.441 e. The first-order chi connectivity index (χ1) is 10.1. The second kappa shape index (κ2) is 5.36. The normalized spacial score (nSPS) is 10.8. The Morgan fingerprint density at radius 2 is 2.00 bits per heavy atom. The molecule has 3 rings (SSSR count). The molecule has 5 heteroatoms. The average molecular weight is 285 g/mol. The molecular weight excluding hydrogens is 273 g/mol. The SMILES string of the molecule is Cc1nc2ccc(OC(=O)Cc3ccc(F)cc3)cc2o1. The van der Waals surface area contributed by atoms with Crippen LogP contribution in [0.25, 0.3) is 11.1 Å². The van der Waals surface area contributed by atoms with Crippen LogP contribution in [0.1, 0.15) is 11.5 Å². The number of hydrogen-bond acceptors (Lipinski definition) is 4. The Balaban J connectivity index is 1.71. The number of hydrogen-bond donors (Lipinski definition) is 0. The summed E-state index contributed by atoms with van der Waals surface area (Å²) in [5.41, 5.74) is 1.98. The maximum atomic E-state index is 12.8. The first kappa shape index (κ1) is 13.3. The standard InChI is InChI=1S/C16H12FNO3/c1-10-18-14-7-6-13(9-15(14)20-10)21-16(19)8-11-2-4-12(17)5-3-11/h2-7,9H,8H2,1H3. The lowest BCUT2D eigenvalue weighted by molar-refractivity contribution is -0.133. The van der Waals surface area contributed by atoms with E-state index in [-0.39, 0.29) is 12.2 Å². The molecule has 0 amide bonds. The number of rotatable bonds is 3.